The van der Waals surface area contributed by atoms with Crippen molar-refractivity contribution in [2.45, 2.75) is 13.8 Å². The summed E-state index contributed by atoms with van der Waals surface area (Å²) in [5, 5.41) is 4.65. The molecule has 0 bridgehead atoms. The molecule has 1 aliphatic heterocycles. The fraction of sp³-hybridized carbons (Fsp3) is 0.280. The molecule has 0 spiro atoms. The number of amides is 1. The Morgan fingerprint density at radius 2 is 1.65 bits per heavy atom. The Hall–Kier alpha value is -3.54. The highest BCUT2D eigenvalue weighted by Gasteiger charge is 2.22. The highest BCUT2D eigenvalue weighted by molar-refractivity contribution is 5.92. The normalized spacial score (nSPS) is 14.3. The molecule has 1 aromatic heterocycles. The van der Waals surface area contributed by atoms with Crippen LogP contribution >= 0.6 is 0 Å². The third kappa shape index (κ3) is 4.33. The highest BCUT2D eigenvalue weighted by atomic mass is 16.5. The van der Waals surface area contributed by atoms with Gasteiger partial charge in [0.15, 0.2) is 0 Å². The van der Waals surface area contributed by atoms with Crippen molar-refractivity contribution in [3.05, 3.63) is 77.6 Å². The number of ether oxygens (including phenoxy) is 1. The van der Waals surface area contributed by atoms with Crippen LogP contribution in [0.1, 0.15) is 17.0 Å². The SMILES string of the molecule is COc1ccccc1N1CCN(C(=O)C=Cc2c(C)nn(-c3ccccc3)c2C)CC1. The molecular weight excluding hydrogens is 388 g/mol. The lowest BCUT2D eigenvalue weighted by Crippen LogP contribution is -2.48. The number of aryl methyl sites for hydroxylation is 1. The van der Waals surface area contributed by atoms with E-state index in [4.69, 9.17) is 4.74 Å². The number of benzene rings is 2. The largest absolute Gasteiger partial charge is 0.495 e. The Labute approximate surface area is 183 Å². The van der Waals surface area contributed by atoms with Crippen molar-refractivity contribution in [3.8, 4) is 11.4 Å². The second kappa shape index (κ2) is 9.08. The maximum Gasteiger partial charge on any atom is 0.246 e. The quantitative estimate of drug-likeness (QED) is 0.593. The van der Waals surface area contributed by atoms with Crippen molar-refractivity contribution in [2.24, 2.45) is 0 Å². The minimum atomic E-state index is 0.0333. The zero-order valence-corrected chi connectivity index (χ0v) is 18.3. The molecular formula is C25H28N4O2. The van der Waals surface area contributed by atoms with Gasteiger partial charge in [-0.3, -0.25) is 4.79 Å². The first-order chi connectivity index (χ1) is 15.1. The lowest BCUT2D eigenvalue weighted by molar-refractivity contribution is -0.126. The molecule has 2 aromatic carbocycles. The van der Waals surface area contributed by atoms with E-state index in [1.54, 1.807) is 13.2 Å². The van der Waals surface area contributed by atoms with Gasteiger partial charge in [0.2, 0.25) is 5.91 Å². The van der Waals surface area contributed by atoms with E-state index in [9.17, 15) is 4.79 Å². The van der Waals surface area contributed by atoms with E-state index in [1.807, 2.05) is 78.0 Å². The summed E-state index contributed by atoms with van der Waals surface area (Å²) in [6.45, 7) is 6.94. The minimum absolute atomic E-state index is 0.0333. The Bertz CT molecular complexity index is 1080. The van der Waals surface area contributed by atoms with Gasteiger partial charge in [0.1, 0.15) is 5.75 Å². The first-order valence-corrected chi connectivity index (χ1v) is 10.5. The van der Waals surface area contributed by atoms with Crippen LogP contribution < -0.4 is 9.64 Å². The van der Waals surface area contributed by atoms with Gasteiger partial charge in [0.05, 0.1) is 24.2 Å². The zero-order chi connectivity index (χ0) is 21.8. The summed E-state index contributed by atoms with van der Waals surface area (Å²) in [4.78, 5) is 17.0. The molecule has 1 amide bonds. The van der Waals surface area contributed by atoms with Gasteiger partial charge in [-0.15, -0.1) is 0 Å². The lowest BCUT2D eigenvalue weighted by Gasteiger charge is -2.36. The van der Waals surface area contributed by atoms with Gasteiger partial charge in [-0.2, -0.15) is 5.10 Å². The first kappa shape index (κ1) is 20.7. The molecule has 0 radical (unpaired) electrons. The Kier molecular flexibility index (Phi) is 6.07. The fourth-order valence-electron chi connectivity index (χ4n) is 4.04. The second-order valence-electron chi connectivity index (χ2n) is 7.65. The molecule has 1 saturated heterocycles. The molecule has 6 heteroatoms. The maximum absolute atomic E-state index is 12.8. The third-order valence-electron chi connectivity index (χ3n) is 5.76. The predicted molar refractivity (Wildman–Crippen MR) is 124 cm³/mol. The fourth-order valence-corrected chi connectivity index (χ4v) is 4.04. The number of carbonyl (C=O) groups excluding carboxylic acids is 1. The molecule has 1 aliphatic rings. The highest BCUT2D eigenvalue weighted by Crippen LogP contribution is 2.28. The van der Waals surface area contributed by atoms with Crippen molar-refractivity contribution < 1.29 is 9.53 Å². The summed E-state index contributed by atoms with van der Waals surface area (Å²) in [6.07, 6.45) is 3.57. The Morgan fingerprint density at radius 3 is 2.35 bits per heavy atom. The topological polar surface area (TPSA) is 50.6 Å². The monoisotopic (exact) mass is 416 g/mol. The van der Waals surface area contributed by atoms with Gasteiger partial charge in [-0.1, -0.05) is 30.3 Å². The van der Waals surface area contributed by atoms with Crippen LogP contribution in [0.3, 0.4) is 0 Å². The van der Waals surface area contributed by atoms with Crippen LogP contribution in [0.2, 0.25) is 0 Å². The zero-order valence-electron chi connectivity index (χ0n) is 18.3. The predicted octanol–water partition coefficient (Wildman–Crippen LogP) is 3.86. The van der Waals surface area contributed by atoms with E-state index >= 15 is 0 Å². The summed E-state index contributed by atoms with van der Waals surface area (Å²) in [6, 6.07) is 18.0. The smallest absolute Gasteiger partial charge is 0.246 e. The van der Waals surface area contributed by atoms with Gasteiger partial charge in [-0.05, 0) is 44.2 Å². The summed E-state index contributed by atoms with van der Waals surface area (Å²) >= 11 is 0. The number of carbonyl (C=O) groups is 1. The minimum Gasteiger partial charge on any atom is -0.495 e. The van der Waals surface area contributed by atoms with Crippen LogP contribution in [0, 0.1) is 13.8 Å². The molecule has 31 heavy (non-hydrogen) atoms. The van der Waals surface area contributed by atoms with Crippen LogP contribution in [0.5, 0.6) is 5.75 Å². The number of hydrogen-bond acceptors (Lipinski definition) is 4. The van der Waals surface area contributed by atoms with Crippen molar-refractivity contribution in [1.29, 1.82) is 0 Å². The summed E-state index contributed by atoms with van der Waals surface area (Å²) in [7, 11) is 1.69. The van der Waals surface area contributed by atoms with Crippen LogP contribution in [0.4, 0.5) is 5.69 Å². The molecule has 1 fully saturated rings. The number of aromatic nitrogens is 2. The van der Waals surface area contributed by atoms with E-state index < -0.39 is 0 Å². The average Bonchev–Trinajstić information content (AvgIpc) is 3.11. The molecule has 3 aromatic rings. The number of methoxy groups -OCH3 is 1. The molecule has 0 N–H and O–H groups in total. The second-order valence-corrected chi connectivity index (χ2v) is 7.65. The van der Waals surface area contributed by atoms with Crippen molar-refractivity contribution in [1.82, 2.24) is 14.7 Å². The van der Waals surface area contributed by atoms with Crippen LogP contribution in [0.25, 0.3) is 11.8 Å². The van der Waals surface area contributed by atoms with E-state index in [0.29, 0.717) is 13.1 Å². The van der Waals surface area contributed by atoms with Gasteiger partial charge >= 0.3 is 0 Å². The van der Waals surface area contributed by atoms with E-state index in [0.717, 1.165) is 47.2 Å². The van der Waals surface area contributed by atoms with E-state index in [2.05, 4.69) is 16.1 Å². The number of piperazine rings is 1. The third-order valence-corrected chi connectivity index (χ3v) is 5.76. The van der Waals surface area contributed by atoms with Crippen LogP contribution in [-0.4, -0.2) is 53.9 Å². The number of rotatable bonds is 5. The average molecular weight is 417 g/mol. The number of anilines is 1. The lowest BCUT2D eigenvalue weighted by atomic mass is 10.1. The molecule has 160 valence electrons. The Morgan fingerprint density at radius 1 is 0.968 bits per heavy atom. The van der Waals surface area contributed by atoms with Gasteiger partial charge in [0.25, 0.3) is 0 Å². The van der Waals surface area contributed by atoms with E-state index in [1.165, 1.54) is 0 Å². The summed E-state index contributed by atoms with van der Waals surface area (Å²) < 4.78 is 7.40. The van der Waals surface area contributed by atoms with Crippen molar-refractivity contribution in [2.75, 3.05) is 38.2 Å². The molecule has 0 aliphatic carbocycles. The van der Waals surface area contributed by atoms with Gasteiger partial charge < -0.3 is 14.5 Å². The molecule has 2 heterocycles. The van der Waals surface area contributed by atoms with Crippen LogP contribution in [-0.2, 0) is 4.79 Å². The number of para-hydroxylation sites is 3. The van der Waals surface area contributed by atoms with Crippen molar-refractivity contribution >= 4 is 17.7 Å². The molecule has 0 unspecified atom stereocenters. The van der Waals surface area contributed by atoms with Gasteiger partial charge in [0, 0.05) is 43.5 Å². The summed E-state index contributed by atoms with van der Waals surface area (Å²) in [5.74, 6) is 0.898. The van der Waals surface area contributed by atoms with Crippen LogP contribution in [0.15, 0.2) is 60.7 Å². The molecule has 0 saturated carbocycles. The first-order valence-electron chi connectivity index (χ1n) is 10.5. The van der Waals surface area contributed by atoms with E-state index in [-0.39, 0.29) is 5.91 Å². The van der Waals surface area contributed by atoms with Gasteiger partial charge in [-0.25, -0.2) is 4.68 Å². The number of nitrogens with zero attached hydrogens (tertiary/aromatic N) is 4. The van der Waals surface area contributed by atoms with Crippen molar-refractivity contribution in [3.63, 3.8) is 0 Å². The summed E-state index contributed by atoms with van der Waals surface area (Å²) in [5.41, 5.74) is 5.01. The Balaban J connectivity index is 1.42. The molecule has 4 rings (SSSR count). The maximum atomic E-state index is 12.8. The molecule has 0 atom stereocenters. The standard InChI is InChI=1S/C25H28N4O2/c1-19-22(20(2)29(26-19)21-9-5-4-6-10-21)13-14-25(30)28-17-15-27(16-18-28)23-11-7-8-12-24(23)31-3/h4-14H,15-18H2,1-3H3. The number of hydrogen-bond donors (Lipinski definition) is 0. The molecule has 6 nitrogen and oxygen atoms in total.